The average molecular weight is 267 g/mol. The minimum atomic E-state index is -1.17. The van der Waals surface area contributed by atoms with E-state index in [-0.39, 0.29) is 24.8 Å². The minimum Gasteiger partial charge on any atom is -0.481 e. The molecule has 1 N–H and O–H groups in total. The van der Waals surface area contributed by atoms with Crippen molar-refractivity contribution in [3.63, 3.8) is 0 Å². The number of likely N-dealkylation sites (tertiary alicyclic amines) is 1. The van der Waals surface area contributed by atoms with E-state index in [0.717, 1.165) is 12.8 Å². The quantitative estimate of drug-likeness (QED) is 0.607. The molecular formula is C14H18FNO3. The van der Waals surface area contributed by atoms with Gasteiger partial charge in [0.2, 0.25) is 0 Å². The molecular weight excluding hydrogens is 249 g/mol. The van der Waals surface area contributed by atoms with Gasteiger partial charge in [-0.2, -0.15) is 0 Å². The van der Waals surface area contributed by atoms with Crippen LogP contribution in [-0.4, -0.2) is 46.6 Å². The summed E-state index contributed by atoms with van der Waals surface area (Å²) in [4.78, 5) is 25.6. The highest BCUT2D eigenvalue weighted by atomic mass is 19.1. The van der Waals surface area contributed by atoms with Crippen molar-refractivity contribution < 1.29 is 19.1 Å². The zero-order chi connectivity index (χ0) is 13.7. The number of nitrogens with zero attached hydrogens (tertiary/aromatic N) is 1. The third-order valence-electron chi connectivity index (χ3n) is 4.68. The van der Waals surface area contributed by atoms with E-state index >= 15 is 0 Å². The van der Waals surface area contributed by atoms with Gasteiger partial charge in [0.25, 0.3) is 0 Å². The molecule has 0 aromatic carbocycles. The molecule has 0 bridgehead atoms. The highest BCUT2D eigenvalue weighted by Crippen LogP contribution is 2.43. The smallest absolute Gasteiger partial charge is 0.315 e. The maximum absolute atomic E-state index is 13.8. The Morgan fingerprint density at radius 3 is 2.68 bits per heavy atom. The molecule has 4 atom stereocenters. The molecule has 3 aliphatic rings. The van der Waals surface area contributed by atoms with Crippen molar-refractivity contribution >= 4 is 11.8 Å². The fourth-order valence-corrected chi connectivity index (χ4v) is 3.46. The zero-order valence-corrected chi connectivity index (χ0v) is 10.7. The van der Waals surface area contributed by atoms with Gasteiger partial charge < -0.3 is 5.11 Å². The second-order valence-corrected chi connectivity index (χ2v) is 5.96. The van der Waals surface area contributed by atoms with Gasteiger partial charge in [0.05, 0.1) is 0 Å². The number of piperidine rings is 1. The van der Waals surface area contributed by atoms with Crippen LogP contribution in [0.1, 0.15) is 25.7 Å². The van der Waals surface area contributed by atoms with Crippen molar-refractivity contribution in [3.8, 4) is 0 Å². The molecule has 1 saturated heterocycles. The van der Waals surface area contributed by atoms with Crippen molar-refractivity contribution in [1.82, 2.24) is 4.90 Å². The number of carboxylic acids is 1. The normalized spacial score (nSPS) is 40.1. The number of rotatable bonds is 2. The first-order valence-corrected chi connectivity index (χ1v) is 6.83. The van der Waals surface area contributed by atoms with E-state index in [0.29, 0.717) is 18.0 Å². The van der Waals surface area contributed by atoms with Gasteiger partial charge in [-0.15, -0.1) is 0 Å². The van der Waals surface area contributed by atoms with Crippen LogP contribution in [0, 0.1) is 11.8 Å². The molecule has 104 valence electrons. The van der Waals surface area contributed by atoms with Crippen molar-refractivity contribution in [2.75, 3.05) is 6.54 Å². The lowest BCUT2D eigenvalue weighted by Crippen LogP contribution is -2.58. The van der Waals surface area contributed by atoms with Crippen molar-refractivity contribution in [2.45, 2.75) is 43.9 Å². The Morgan fingerprint density at radius 1 is 1.42 bits per heavy atom. The standard InChI is InChI=1S/C14H18FNO3/c1-7-4-12-9(5-11(7)15)13(17)10(14(18)19)6-16(12)8-2-3-8/h8-12H,1-6H2,(H,18,19). The van der Waals surface area contributed by atoms with Gasteiger partial charge in [0.15, 0.2) is 5.78 Å². The minimum absolute atomic E-state index is 0.0323. The lowest BCUT2D eigenvalue weighted by atomic mass is 9.72. The van der Waals surface area contributed by atoms with Crippen molar-refractivity contribution in [1.29, 1.82) is 0 Å². The van der Waals surface area contributed by atoms with Crippen LogP contribution < -0.4 is 0 Å². The fourth-order valence-electron chi connectivity index (χ4n) is 3.46. The van der Waals surface area contributed by atoms with E-state index < -0.39 is 24.0 Å². The van der Waals surface area contributed by atoms with E-state index in [1.807, 2.05) is 0 Å². The zero-order valence-electron chi connectivity index (χ0n) is 10.7. The molecule has 4 nitrogen and oxygen atoms in total. The van der Waals surface area contributed by atoms with Crippen LogP contribution in [0.25, 0.3) is 0 Å². The predicted molar refractivity (Wildman–Crippen MR) is 66.4 cm³/mol. The number of hydrogen-bond donors (Lipinski definition) is 1. The summed E-state index contributed by atoms with van der Waals surface area (Å²) in [7, 11) is 0. The molecule has 3 fully saturated rings. The Hall–Kier alpha value is -1.23. The summed E-state index contributed by atoms with van der Waals surface area (Å²) in [5, 5.41) is 9.18. The molecule has 0 aromatic heterocycles. The molecule has 0 radical (unpaired) electrons. The van der Waals surface area contributed by atoms with Crippen LogP contribution in [0.2, 0.25) is 0 Å². The van der Waals surface area contributed by atoms with E-state index in [1.165, 1.54) is 0 Å². The van der Waals surface area contributed by atoms with Gasteiger partial charge in [-0.25, -0.2) is 4.39 Å². The lowest BCUT2D eigenvalue weighted by molar-refractivity contribution is -0.154. The third kappa shape index (κ3) is 2.10. The summed E-state index contributed by atoms with van der Waals surface area (Å²) in [6, 6.07) is 0.349. The maximum Gasteiger partial charge on any atom is 0.315 e. The van der Waals surface area contributed by atoms with Gasteiger partial charge in [-0.1, -0.05) is 6.58 Å². The van der Waals surface area contributed by atoms with E-state index in [4.69, 9.17) is 0 Å². The molecule has 1 aliphatic heterocycles. The molecule has 2 saturated carbocycles. The predicted octanol–water partition coefficient (Wildman–Crippen LogP) is 1.41. The Labute approximate surface area is 111 Å². The first-order valence-electron chi connectivity index (χ1n) is 6.83. The second kappa shape index (κ2) is 4.40. The summed E-state index contributed by atoms with van der Waals surface area (Å²) >= 11 is 0. The Morgan fingerprint density at radius 2 is 2.11 bits per heavy atom. The van der Waals surface area contributed by atoms with Gasteiger partial charge in [0.1, 0.15) is 12.1 Å². The average Bonchev–Trinajstić information content (AvgIpc) is 3.16. The molecule has 0 aromatic rings. The number of ketones is 1. The first kappa shape index (κ1) is 12.8. The number of Topliss-reactive ketones (excluding diaryl/α,β-unsaturated/α-hetero) is 1. The van der Waals surface area contributed by atoms with E-state index in [1.54, 1.807) is 0 Å². The van der Waals surface area contributed by atoms with Gasteiger partial charge >= 0.3 is 5.97 Å². The number of carboxylic acid groups (broad SMARTS) is 1. The number of fused-ring (bicyclic) bond motifs is 1. The Balaban J connectivity index is 1.89. The number of carbonyl (C=O) groups is 2. The topological polar surface area (TPSA) is 57.6 Å². The van der Waals surface area contributed by atoms with Crippen LogP contribution in [0.4, 0.5) is 4.39 Å². The van der Waals surface area contributed by atoms with Crippen LogP contribution in [0.5, 0.6) is 0 Å². The maximum atomic E-state index is 13.8. The molecule has 0 spiro atoms. The highest BCUT2D eigenvalue weighted by molar-refractivity contribution is 6.00. The summed E-state index contributed by atoms with van der Waals surface area (Å²) in [5.41, 5.74) is 0.550. The molecule has 1 heterocycles. The SMILES string of the molecule is C=C1CC2C(CC1F)C(=O)C(C(=O)O)CN2C1CC1. The largest absolute Gasteiger partial charge is 0.481 e. The molecule has 2 aliphatic carbocycles. The molecule has 4 unspecified atom stereocenters. The van der Waals surface area contributed by atoms with E-state index in [9.17, 15) is 19.1 Å². The van der Waals surface area contributed by atoms with Crippen LogP contribution >= 0.6 is 0 Å². The number of aliphatic carboxylic acids is 1. The van der Waals surface area contributed by atoms with Gasteiger partial charge in [-0.3, -0.25) is 14.5 Å². The van der Waals surface area contributed by atoms with Crippen molar-refractivity contribution in [3.05, 3.63) is 12.2 Å². The second-order valence-electron chi connectivity index (χ2n) is 5.96. The summed E-state index contributed by atoms with van der Waals surface area (Å²) in [5.74, 6) is -2.82. The Bertz CT molecular complexity index is 446. The molecule has 0 amide bonds. The van der Waals surface area contributed by atoms with Crippen LogP contribution in [0.15, 0.2) is 12.2 Å². The fraction of sp³-hybridized carbons (Fsp3) is 0.714. The number of hydrogen-bond acceptors (Lipinski definition) is 3. The monoisotopic (exact) mass is 267 g/mol. The highest BCUT2D eigenvalue weighted by Gasteiger charge is 2.51. The molecule has 3 rings (SSSR count). The summed E-state index contributed by atoms with van der Waals surface area (Å²) in [6.45, 7) is 4.03. The summed E-state index contributed by atoms with van der Waals surface area (Å²) in [6.07, 6.45) is 1.53. The molecule has 5 heteroatoms. The van der Waals surface area contributed by atoms with Gasteiger partial charge in [0, 0.05) is 24.5 Å². The number of halogens is 1. The first-order chi connectivity index (χ1) is 8.99. The number of carbonyl (C=O) groups excluding carboxylic acids is 1. The van der Waals surface area contributed by atoms with Crippen LogP contribution in [0.3, 0.4) is 0 Å². The van der Waals surface area contributed by atoms with Crippen molar-refractivity contribution in [2.24, 2.45) is 11.8 Å². The Kier molecular flexibility index (Phi) is 2.96. The summed E-state index contributed by atoms with van der Waals surface area (Å²) < 4.78 is 13.8. The van der Waals surface area contributed by atoms with E-state index in [2.05, 4.69) is 11.5 Å². The lowest BCUT2D eigenvalue weighted by Gasteiger charge is -2.46. The third-order valence-corrected chi connectivity index (χ3v) is 4.68. The van der Waals surface area contributed by atoms with Crippen LogP contribution in [-0.2, 0) is 9.59 Å². The number of alkyl halides is 1. The molecule has 19 heavy (non-hydrogen) atoms. The van der Waals surface area contributed by atoms with Gasteiger partial charge in [-0.05, 0) is 31.3 Å².